The lowest BCUT2D eigenvalue weighted by Gasteiger charge is -2.08. The van der Waals surface area contributed by atoms with E-state index in [9.17, 15) is 10.1 Å². The number of nitrogens with one attached hydrogen (secondary N) is 2. The maximum Gasteiger partial charge on any atom is 0.332 e. The molecule has 106 valence electrons. The Labute approximate surface area is 120 Å². The van der Waals surface area contributed by atoms with Crippen molar-refractivity contribution < 1.29 is 4.92 Å². The summed E-state index contributed by atoms with van der Waals surface area (Å²) in [5.41, 5.74) is 0.267. The molecule has 2 rings (SSSR count). The minimum atomic E-state index is -0.456. The molecule has 0 fully saturated rings. The molecule has 0 atom stereocenters. The van der Waals surface area contributed by atoms with E-state index in [0.29, 0.717) is 18.2 Å². The lowest BCUT2D eigenvalue weighted by molar-refractivity contribution is -0.385. The average molecular weight is 293 g/mol. The highest BCUT2D eigenvalue weighted by molar-refractivity contribution is 7.09. The molecule has 0 bridgehead atoms. The molecule has 0 amide bonds. The Balaban J connectivity index is 2.16. The fourth-order valence-electron chi connectivity index (χ4n) is 1.78. The Kier molecular flexibility index (Phi) is 4.46. The Hall–Kier alpha value is -2.22. The molecule has 0 aliphatic heterocycles. The Bertz CT molecular complexity index is 600. The van der Waals surface area contributed by atoms with E-state index in [1.807, 2.05) is 17.5 Å². The molecule has 2 aromatic rings. The van der Waals surface area contributed by atoms with Gasteiger partial charge in [0.2, 0.25) is 11.8 Å². The monoisotopic (exact) mass is 293 g/mol. The second-order valence-corrected chi connectivity index (χ2v) is 5.13. The van der Waals surface area contributed by atoms with Crippen LogP contribution < -0.4 is 10.6 Å². The number of aromatic nitrogens is 2. The molecule has 0 aromatic carbocycles. The van der Waals surface area contributed by atoms with Gasteiger partial charge in [0.05, 0.1) is 4.92 Å². The normalized spacial score (nSPS) is 10.3. The van der Waals surface area contributed by atoms with Crippen molar-refractivity contribution in [1.29, 1.82) is 0 Å². The number of thiophene rings is 1. The van der Waals surface area contributed by atoms with Crippen LogP contribution >= 0.6 is 11.3 Å². The fraction of sp³-hybridized carbons (Fsp3) is 0.333. The average Bonchev–Trinajstić information content (AvgIpc) is 2.90. The molecule has 0 saturated heterocycles. The maximum absolute atomic E-state index is 11.1. The molecule has 0 unspecified atom stereocenters. The van der Waals surface area contributed by atoms with Crippen LogP contribution in [0.3, 0.4) is 0 Å². The first kappa shape index (κ1) is 14.2. The molecule has 2 aromatic heterocycles. The van der Waals surface area contributed by atoms with Crippen LogP contribution in [0.25, 0.3) is 0 Å². The highest BCUT2D eigenvalue weighted by atomic mass is 32.1. The van der Waals surface area contributed by atoms with E-state index >= 15 is 0 Å². The van der Waals surface area contributed by atoms with Gasteiger partial charge in [0.1, 0.15) is 5.69 Å². The number of aryl methyl sites for hydroxylation is 1. The second kappa shape index (κ2) is 6.29. The van der Waals surface area contributed by atoms with Gasteiger partial charge in [-0.05, 0) is 24.8 Å². The zero-order chi connectivity index (χ0) is 14.5. The van der Waals surface area contributed by atoms with Gasteiger partial charge in [-0.1, -0.05) is 6.07 Å². The standard InChI is InChI=1S/C12H15N5O2S/c1-8-10(17(18)19)11(16-12(13-2)15-8)14-6-5-9-4-3-7-20-9/h3-4,7H,5-6H2,1-2H3,(H2,13,14,15,16). The van der Waals surface area contributed by atoms with Crippen LogP contribution in [0, 0.1) is 17.0 Å². The van der Waals surface area contributed by atoms with E-state index in [2.05, 4.69) is 20.6 Å². The van der Waals surface area contributed by atoms with Crippen molar-refractivity contribution >= 4 is 28.8 Å². The molecular weight excluding hydrogens is 278 g/mol. The largest absolute Gasteiger partial charge is 0.364 e. The van der Waals surface area contributed by atoms with Gasteiger partial charge in [0.25, 0.3) is 0 Å². The predicted octanol–water partition coefficient (Wildman–Crippen LogP) is 2.45. The van der Waals surface area contributed by atoms with Gasteiger partial charge in [-0.25, -0.2) is 4.98 Å². The van der Waals surface area contributed by atoms with Gasteiger partial charge in [-0.15, -0.1) is 11.3 Å². The van der Waals surface area contributed by atoms with Crippen LogP contribution in [0.15, 0.2) is 17.5 Å². The van der Waals surface area contributed by atoms with Crippen molar-refractivity contribution in [2.45, 2.75) is 13.3 Å². The lowest BCUT2D eigenvalue weighted by Crippen LogP contribution is -2.11. The van der Waals surface area contributed by atoms with Crippen LogP contribution in [0.5, 0.6) is 0 Å². The zero-order valence-corrected chi connectivity index (χ0v) is 12.0. The minimum Gasteiger partial charge on any atom is -0.364 e. The molecule has 7 nitrogen and oxygen atoms in total. The highest BCUT2D eigenvalue weighted by Crippen LogP contribution is 2.26. The summed E-state index contributed by atoms with van der Waals surface area (Å²) < 4.78 is 0. The van der Waals surface area contributed by atoms with Crippen molar-refractivity contribution in [3.05, 3.63) is 38.2 Å². The van der Waals surface area contributed by atoms with Crippen LogP contribution in [0.2, 0.25) is 0 Å². The van der Waals surface area contributed by atoms with Gasteiger partial charge in [0.15, 0.2) is 0 Å². The van der Waals surface area contributed by atoms with Gasteiger partial charge in [-0.2, -0.15) is 4.98 Å². The van der Waals surface area contributed by atoms with Crippen molar-refractivity contribution in [3.63, 3.8) is 0 Å². The number of nitro groups is 1. The van der Waals surface area contributed by atoms with Gasteiger partial charge >= 0.3 is 5.69 Å². The summed E-state index contributed by atoms with van der Waals surface area (Å²) in [7, 11) is 1.68. The van der Waals surface area contributed by atoms with Gasteiger partial charge in [0, 0.05) is 18.5 Å². The smallest absolute Gasteiger partial charge is 0.332 e. The summed E-state index contributed by atoms with van der Waals surface area (Å²) in [6, 6.07) is 4.02. The molecule has 0 aliphatic rings. The summed E-state index contributed by atoms with van der Waals surface area (Å²) >= 11 is 1.66. The number of rotatable bonds is 6. The SMILES string of the molecule is CNc1nc(C)c([N+](=O)[O-])c(NCCc2cccs2)n1. The first-order valence-electron chi connectivity index (χ1n) is 6.09. The topological polar surface area (TPSA) is 93.0 Å². The summed E-state index contributed by atoms with van der Waals surface area (Å²) in [6.07, 6.45) is 0.798. The predicted molar refractivity (Wildman–Crippen MR) is 79.5 cm³/mol. The van der Waals surface area contributed by atoms with E-state index in [0.717, 1.165) is 6.42 Å². The van der Waals surface area contributed by atoms with Crippen molar-refractivity contribution in [1.82, 2.24) is 9.97 Å². The van der Waals surface area contributed by atoms with E-state index < -0.39 is 4.92 Å². The molecular formula is C12H15N5O2S. The highest BCUT2D eigenvalue weighted by Gasteiger charge is 2.21. The summed E-state index contributed by atoms with van der Waals surface area (Å²) in [4.78, 5) is 20.0. The third-order valence-corrected chi connectivity index (χ3v) is 3.64. The fourth-order valence-corrected chi connectivity index (χ4v) is 2.49. The molecule has 0 spiro atoms. The number of nitrogens with zero attached hydrogens (tertiary/aromatic N) is 3. The van der Waals surface area contributed by atoms with Crippen molar-refractivity contribution in [3.8, 4) is 0 Å². The van der Waals surface area contributed by atoms with Crippen LogP contribution in [0.1, 0.15) is 10.6 Å². The van der Waals surface area contributed by atoms with Crippen LogP contribution in [-0.4, -0.2) is 28.5 Å². The van der Waals surface area contributed by atoms with Crippen LogP contribution in [-0.2, 0) is 6.42 Å². The van der Waals surface area contributed by atoms with E-state index in [1.54, 1.807) is 25.3 Å². The molecule has 20 heavy (non-hydrogen) atoms. The number of anilines is 2. The third-order valence-electron chi connectivity index (χ3n) is 2.71. The van der Waals surface area contributed by atoms with E-state index in [1.165, 1.54) is 4.88 Å². The Morgan fingerprint density at radius 2 is 2.25 bits per heavy atom. The molecule has 0 radical (unpaired) electrons. The second-order valence-electron chi connectivity index (χ2n) is 4.09. The summed E-state index contributed by atoms with van der Waals surface area (Å²) in [5, 5.41) is 18.9. The van der Waals surface area contributed by atoms with E-state index in [-0.39, 0.29) is 11.5 Å². The summed E-state index contributed by atoms with van der Waals surface area (Å²) in [6.45, 7) is 2.19. The molecule has 2 N–H and O–H groups in total. The van der Waals surface area contributed by atoms with Crippen molar-refractivity contribution in [2.24, 2.45) is 0 Å². The quantitative estimate of drug-likeness (QED) is 0.627. The lowest BCUT2D eigenvalue weighted by atomic mass is 10.3. The molecule has 0 saturated carbocycles. The molecule has 8 heteroatoms. The van der Waals surface area contributed by atoms with Crippen molar-refractivity contribution in [2.75, 3.05) is 24.2 Å². The first-order chi connectivity index (χ1) is 9.61. The van der Waals surface area contributed by atoms with Gasteiger partial charge < -0.3 is 10.6 Å². The first-order valence-corrected chi connectivity index (χ1v) is 6.97. The number of hydrogen-bond acceptors (Lipinski definition) is 7. The van der Waals surface area contributed by atoms with Crippen LogP contribution in [0.4, 0.5) is 17.5 Å². The minimum absolute atomic E-state index is 0.0739. The number of hydrogen-bond donors (Lipinski definition) is 2. The summed E-state index contributed by atoms with van der Waals surface area (Å²) in [5.74, 6) is 0.620. The Morgan fingerprint density at radius 1 is 1.45 bits per heavy atom. The van der Waals surface area contributed by atoms with E-state index in [4.69, 9.17) is 0 Å². The zero-order valence-electron chi connectivity index (χ0n) is 11.2. The molecule has 0 aliphatic carbocycles. The maximum atomic E-state index is 11.1. The Morgan fingerprint density at radius 3 is 2.85 bits per heavy atom. The van der Waals surface area contributed by atoms with Gasteiger partial charge in [-0.3, -0.25) is 10.1 Å². The third kappa shape index (κ3) is 3.21. The molecule has 2 heterocycles.